The van der Waals surface area contributed by atoms with Crippen LogP contribution in [0, 0.1) is 20.2 Å². The molecule has 2 aromatic carbocycles. The van der Waals surface area contributed by atoms with Gasteiger partial charge in [0.25, 0.3) is 23.2 Å². The number of para-hydroxylation sites is 2. The Hall–Kier alpha value is -4.94. The van der Waals surface area contributed by atoms with Crippen LogP contribution in [0.3, 0.4) is 0 Å². The van der Waals surface area contributed by atoms with Crippen LogP contribution in [0.5, 0.6) is 0 Å². The highest BCUT2D eigenvalue weighted by Gasteiger charge is 2.37. The Morgan fingerprint density at radius 3 is 1.82 bits per heavy atom. The molecule has 3 rings (SSSR count). The van der Waals surface area contributed by atoms with E-state index in [-0.39, 0.29) is 18.0 Å². The number of esters is 1. The van der Waals surface area contributed by atoms with Crippen LogP contribution in [-0.4, -0.2) is 44.0 Å². The average molecular weight is 467 g/mol. The second-order valence-electron chi connectivity index (χ2n) is 6.72. The summed E-state index contributed by atoms with van der Waals surface area (Å²) in [6.45, 7) is 1.52. The Morgan fingerprint density at radius 1 is 0.912 bits per heavy atom. The minimum atomic E-state index is -1.19. The standard InChI is InChI=1S/C21H17N5O8/c1-3-34-21(29)15-12-22-23(2)18(15)24(19(27)13-8-4-6-10-16(13)25(30)31)20(28)14-9-5-7-11-17(14)26(32)33/h4-12H,3H2,1-2H3. The predicted octanol–water partition coefficient (Wildman–Crippen LogP) is 2.90. The highest BCUT2D eigenvalue weighted by Crippen LogP contribution is 2.30. The van der Waals surface area contributed by atoms with Gasteiger partial charge >= 0.3 is 5.97 Å². The quantitative estimate of drug-likeness (QED) is 0.219. The molecule has 0 aliphatic carbocycles. The van der Waals surface area contributed by atoms with E-state index >= 15 is 0 Å². The van der Waals surface area contributed by atoms with Crippen LogP contribution in [-0.2, 0) is 11.8 Å². The first-order chi connectivity index (χ1) is 16.2. The van der Waals surface area contributed by atoms with E-state index in [0.29, 0.717) is 4.90 Å². The number of hydrogen-bond acceptors (Lipinski definition) is 9. The van der Waals surface area contributed by atoms with E-state index in [9.17, 15) is 34.6 Å². The number of carbonyl (C=O) groups excluding carboxylic acids is 3. The number of nitro groups is 2. The largest absolute Gasteiger partial charge is 0.462 e. The van der Waals surface area contributed by atoms with E-state index in [1.807, 2.05) is 0 Å². The molecule has 0 saturated carbocycles. The molecular weight excluding hydrogens is 450 g/mol. The molecule has 0 atom stereocenters. The molecule has 0 aliphatic heterocycles. The van der Waals surface area contributed by atoms with Crippen LogP contribution in [0.15, 0.2) is 54.7 Å². The van der Waals surface area contributed by atoms with E-state index in [2.05, 4.69) is 5.10 Å². The maximum absolute atomic E-state index is 13.6. The molecule has 3 aromatic rings. The summed E-state index contributed by atoms with van der Waals surface area (Å²) in [7, 11) is 1.32. The summed E-state index contributed by atoms with van der Waals surface area (Å²) in [5, 5.41) is 26.9. The van der Waals surface area contributed by atoms with Gasteiger partial charge < -0.3 is 4.74 Å². The number of amides is 2. The number of aromatic nitrogens is 2. The molecule has 0 unspecified atom stereocenters. The van der Waals surface area contributed by atoms with Crippen molar-refractivity contribution in [3.05, 3.63) is 91.6 Å². The number of carbonyl (C=O) groups is 3. The van der Waals surface area contributed by atoms with Crippen molar-refractivity contribution in [2.24, 2.45) is 7.05 Å². The number of ether oxygens (including phenoxy) is 1. The van der Waals surface area contributed by atoms with Crippen molar-refractivity contribution in [1.82, 2.24) is 9.78 Å². The maximum atomic E-state index is 13.6. The lowest BCUT2D eigenvalue weighted by Crippen LogP contribution is -2.40. The minimum Gasteiger partial charge on any atom is -0.462 e. The van der Waals surface area contributed by atoms with E-state index in [0.717, 1.165) is 35.1 Å². The van der Waals surface area contributed by atoms with Crippen LogP contribution in [0.25, 0.3) is 0 Å². The number of rotatable bonds is 7. The summed E-state index contributed by atoms with van der Waals surface area (Å²) in [5.41, 5.74) is -2.45. The van der Waals surface area contributed by atoms with E-state index in [4.69, 9.17) is 4.74 Å². The summed E-state index contributed by atoms with van der Waals surface area (Å²) < 4.78 is 5.99. The van der Waals surface area contributed by atoms with Crippen LogP contribution in [0.4, 0.5) is 17.2 Å². The van der Waals surface area contributed by atoms with Crippen LogP contribution < -0.4 is 4.90 Å². The fourth-order valence-electron chi connectivity index (χ4n) is 3.20. The molecule has 13 heteroatoms. The Labute approximate surface area is 191 Å². The Kier molecular flexibility index (Phi) is 6.76. The van der Waals surface area contributed by atoms with Crippen LogP contribution in [0.2, 0.25) is 0 Å². The Balaban J connectivity index is 2.29. The first kappa shape index (κ1) is 23.7. The summed E-state index contributed by atoms with van der Waals surface area (Å²) in [4.78, 5) is 61.5. The van der Waals surface area contributed by atoms with Gasteiger partial charge in [-0.3, -0.25) is 34.5 Å². The number of anilines is 1. The molecule has 1 heterocycles. The molecule has 1 aromatic heterocycles. The Morgan fingerprint density at radius 2 is 1.38 bits per heavy atom. The molecule has 174 valence electrons. The van der Waals surface area contributed by atoms with Gasteiger partial charge in [-0.15, -0.1) is 0 Å². The van der Waals surface area contributed by atoms with Crippen molar-refractivity contribution in [1.29, 1.82) is 0 Å². The average Bonchev–Trinajstić information content (AvgIpc) is 3.20. The van der Waals surface area contributed by atoms with Gasteiger partial charge in [-0.2, -0.15) is 5.10 Å². The lowest BCUT2D eigenvalue weighted by molar-refractivity contribution is -0.385. The predicted molar refractivity (Wildman–Crippen MR) is 116 cm³/mol. The number of nitrogens with zero attached hydrogens (tertiary/aromatic N) is 5. The van der Waals surface area contributed by atoms with Gasteiger partial charge in [0.05, 0.1) is 22.7 Å². The molecule has 0 bridgehead atoms. The molecule has 0 radical (unpaired) electrons. The summed E-state index contributed by atoms with van der Waals surface area (Å²) in [6, 6.07) is 9.75. The van der Waals surface area contributed by atoms with Gasteiger partial charge in [0, 0.05) is 19.2 Å². The van der Waals surface area contributed by atoms with E-state index in [1.54, 1.807) is 6.92 Å². The molecule has 0 spiro atoms. The third kappa shape index (κ3) is 4.34. The van der Waals surface area contributed by atoms with Gasteiger partial charge in [0.15, 0.2) is 5.82 Å². The molecule has 2 amide bonds. The highest BCUT2D eigenvalue weighted by molar-refractivity contribution is 6.28. The van der Waals surface area contributed by atoms with Gasteiger partial charge in [-0.1, -0.05) is 24.3 Å². The summed E-state index contributed by atoms with van der Waals surface area (Å²) in [6.07, 6.45) is 1.06. The first-order valence-electron chi connectivity index (χ1n) is 9.73. The number of nitro benzene ring substituents is 2. The number of hydrogen-bond donors (Lipinski definition) is 0. The van der Waals surface area contributed by atoms with Gasteiger partial charge in [-0.25, -0.2) is 9.69 Å². The molecule has 0 aliphatic rings. The number of benzene rings is 2. The van der Waals surface area contributed by atoms with Crippen molar-refractivity contribution >= 4 is 35.0 Å². The number of imide groups is 1. The van der Waals surface area contributed by atoms with Gasteiger partial charge in [0.1, 0.15) is 16.7 Å². The Bertz CT molecular complexity index is 1250. The van der Waals surface area contributed by atoms with Crippen molar-refractivity contribution in [3.8, 4) is 0 Å². The highest BCUT2D eigenvalue weighted by atomic mass is 16.6. The van der Waals surface area contributed by atoms with E-state index < -0.39 is 50.1 Å². The molecular formula is C21H17N5O8. The zero-order valence-corrected chi connectivity index (χ0v) is 17.9. The molecule has 0 fully saturated rings. The van der Waals surface area contributed by atoms with Crippen molar-refractivity contribution in [2.45, 2.75) is 6.92 Å². The van der Waals surface area contributed by atoms with Crippen LogP contribution >= 0.6 is 0 Å². The van der Waals surface area contributed by atoms with Crippen LogP contribution in [0.1, 0.15) is 38.0 Å². The molecule has 0 saturated heterocycles. The topological polar surface area (TPSA) is 168 Å². The zero-order valence-electron chi connectivity index (χ0n) is 17.9. The van der Waals surface area contributed by atoms with Gasteiger partial charge in [-0.05, 0) is 19.1 Å². The third-order valence-electron chi connectivity index (χ3n) is 4.68. The summed E-state index contributed by atoms with van der Waals surface area (Å²) in [5.74, 6) is -3.67. The van der Waals surface area contributed by atoms with Crippen molar-refractivity contribution < 1.29 is 29.0 Å². The maximum Gasteiger partial charge on any atom is 0.343 e. The zero-order chi connectivity index (χ0) is 25.0. The molecule has 13 nitrogen and oxygen atoms in total. The van der Waals surface area contributed by atoms with Crippen molar-refractivity contribution in [3.63, 3.8) is 0 Å². The smallest absolute Gasteiger partial charge is 0.343 e. The third-order valence-corrected chi connectivity index (χ3v) is 4.68. The molecule has 34 heavy (non-hydrogen) atoms. The fraction of sp³-hybridized carbons (Fsp3) is 0.143. The lowest BCUT2D eigenvalue weighted by Gasteiger charge is -2.22. The van der Waals surface area contributed by atoms with Gasteiger partial charge in [0.2, 0.25) is 0 Å². The monoisotopic (exact) mass is 467 g/mol. The summed E-state index contributed by atoms with van der Waals surface area (Å²) >= 11 is 0. The fourth-order valence-corrected chi connectivity index (χ4v) is 3.20. The first-order valence-corrected chi connectivity index (χ1v) is 9.73. The second kappa shape index (κ2) is 9.68. The second-order valence-corrected chi connectivity index (χ2v) is 6.72. The SMILES string of the molecule is CCOC(=O)c1cnn(C)c1N(C(=O)c1ccccc1[N+](=O)[O-])C(=O)c1ccccc1[N+](=O)[O-]. The molecule has 0 N–H and O–H groups in total. The van der Waals surface area contributed by atoms with E-state index in [1.165, 1.54) is 31.3 Å². The normalized spacial score (nSPS) is 10.4. The lowest BCUT2D eigenvalue weighted by atomic mass is 10.1. The number of aryl methyl sites for hydroxylation is 1. The van der Waals surface area contributed by atoms with Crippen molar-refractivity contribution in [2.75, 3.05) is 11.5 Å². The minimum absolute atomic E-state index is 0.0244.